The highest BCUT2D eigenvalue weighted by molar-refractivity contribution is 5.85. The van der Waals surface area contributed by atoms with Crippen molar-refractivity contribution in [1.82, 2.24) is 10.2 Å². The number of hydrogen-bond acceptors (Lipinski definition) is 4. The molecule has 0 saturated carbocycles. The average Bonchev–Trinajstić information content (AvgIpc) is 2.44. The number of halogens is 1. The second-order valence-electron chi connectivity index (χ2n) is 6.15. The molecule has 1 aromatic rings. The van der Waals surface area contributed by atoms with E-state index >= 15 is 0 Å². The molecule has 0 aliphatic carbocycles. The number of benzene rings is 1. The van der Waals surface area contributed by atoms with E-state index in [0.29, 0.717) is 19.6 Å². The zero-order chi connectivity index (χ0) is 16.6. The van der Waals surface area contributed by atoms with Crippen molar-refractivity contribution >= 4 is 18.3 Å². The highest BCUT2D eigenvalue weighted by Crippen LogP contribution is 2.14. The van der Waals surface area contributed by atoms with Crippen LogP contribution >= 0.6 is 12.4 Å². The first-order valence-corrected chi connectivity index (χ1v) is 7.79. The molecule has 0 aromatic heterocycles. The number of nitrogens with one attached hydrogen (secondary N) is 1. The van der Waals surface area contributed by atoms with E-state index in [9.17, 15) is 4.79 Å². The third-order valence-corrected chi connectivity index (χ3v) is 3.45. The van der Waals surface area contributed by atoms with Gasteiger partial charge in [-0.3, -0.25) is 4.79 Å². The van der Waals surface area contributed by atoms with Gasteiger partial charge in [-0.1, -0.05) is 25.5 Å². The number of carbonyl (C=O) groups excluding carboxylic acids is 1. The lowest BCUT2D eigenvalue weighted by atomic mass is 9.96. The number of amides is 1. The molecule has 0 aliphatic heterocycles. The smallest absolute Gasteiger partial charge is 0.240 e. The zero-order valence-corrected chi connectivity index (χ0v) is 15.4. The predicted octanol–water partition coefficient (Wildman–Crippen LogP) is 2.18. The van der Waals surface area contributed by atoms with Crippen LogP contribution in [0.4, 0.5) is 0 Å². The van der Waals surface area contributed by atoms with Crippen LogP contribution in [0.15, 0.2) is 24.3 Å². The van der Waals surface area contributed by atoms with Gasteiger partial charge in [0.25, 0.3) is 0 Å². The van der Waals surface area contributed by atoms with Crippen LogP contribution < -0.4 is 15.8 Å². The van der Waals surface area contributed by atoms with Crippen LogP contribution in [0, 0.1) is 0 Å². The Hall–Kier alpha value is -1.30. The molecular weight excluding hydrogens is 314 g/mol. The van der Waals surface area contributed by atoms with Crippen molar-refractivity contribution in [3.63, 3.8) is 0 Å². The molecule has 0 heterocycles. The van der Waals surface area contributed by atoms with Crippen LogP contribution in [0.3, 0.4) is 0 Å². The molecule has 1 atom stereocenters. The first-order chi connectivity index (χ1) is 10.3. The van der Waals surface area contributed by atoms with Gasteiger partial charge in [0, 0.05) is 13.1 Å². The van der Waals surface area contributed by atoms with E-state index in [4.69, 9.17) is 10.5 Å². The van der Waals surface area contributed by atoms with Gasteiger partial charge < -0.3 is 20.7 Å². The van der Waals surface area contributed by atoms with Gasteiger partial charge in [-0.15, -0.1) is 12.4 Å². The van der Waals surface area contributed by atoms with Crippen molar-refractivity contribution in [1.29, 1.82) is 0 Å². The molecule has 0 fully saturated rings. The summed E-state index contributed by atoms with van der Waals surface area (Å²) in [7, 11) is 4.02. The maximum Gasteiger partial charge on any atom is 0.240 e. The number of ether oxygens (including phenoxy) is 1. The molecule has 23 heavy (non-hydrogen) atoms. The molecule has 0 radical (unpaired) electrons. The van der Waals surface area contributed by atoms with E-state index in [0.717, 1.165) is 24.3 Å². The van der Waals surface area contributed by atoms with Gasteiger partial charge in [-0.25, -0.2) is 0 Å². The van der Waals surface area contributed by atoms with E-state index in [2.05, 4.69) is 10.2 Å². The van der Waals surface area contributed by atoms with Crippen molar-refractivity contribution in [2.45, 2.75) is 38.8 Å². The Morgan fingerprint density at radius 3 is 2.70 bits per heavy atom. The second-order valence-corrected chi connectivity index (χ2v) is 6.15. The maximum atomic E-state index is 12.1. The monoisotopic (exact) mass is 343 g/mol. The number of hydrogen-bond donors (Lipinski definition) is 2. The second kappa shape index (κ2) is 10.5. The Kier molecular flexibility index (Phi) is 9.88. The Morgan fingerprint density at radius 1 is 1.39 bits per heavy atom. The lowest BCUT2D eigenvalue weighted by Gasteiger charge is -2.22. The largest absolute Gasteiger partial charge is 0.492 e. The number of likely N-dealkylation sites (N-methyl/N-ethyl adjacent to an activating group) is 1. The number of nitrogens with two attached hydrogens (primary N) is 1. The standard InChI is InChI=1S/C17H29N3O2.ClH/c1-5-9-17(2,18)16(21)19-13-14-7-6-8-15(12-14)22-11-10-20(3)4;/h6-8,12H,5,9-11,13,18H2,1-4H3,(H,19,21);1H. The number of nitrogens with zero attached hydrogens (tertiary/aromatic N) is 1. The quantitative estimate of drug-likeness (QED) is 0.721. The van der Waals surface area contributed by atoms with Crippen LogP contribution in [0.5, 0.6) is 5.75 Å². The Labute approximate surface area is 146 Å². The normalized spacial score (nSPS) is 13.1. The molecule has 1 rings (SSSR count). The van der Waals surface area contributed by atoms with E-state index in [1.54, 1.807) is 6.92 Å². The Morgan fingerprint density at radius 2 is 2.09 bits per heavy atom. The molecule has 1 amide bonds. The molecule has 1 aromatic carbocycles. The molecule has 5 nitrogen and oxygen atoms in total. The van der Waals surface area contributed by atoms with Crippen LogP contribution in [-0.4, -0.2) is 43.6 Å². The van der Waals surface area contributed by atoms with Gasteiger partial charge in [0.15, 0.2) is 0 Å². The summed E-state index contributed by atoms with van der Waals surface area (Å²) in [5, 5.41) is 2.90. The van der Waals surface area contributed by atoms with Gasteiger partial charge in [-0.05, 0) is 45.1 Å². The summed E-state index contributed by atoms with van der Waals surface area (Å²) < 4.78 is 5.69. The molecule has 0 aliphatic rings. The van der Waals surface area contributed by atoms with Crippen molar-refractivity contribution in [3.8, 4) is 5.75 Å². The minimum Gasteiger partial charge on any atom is -0.492 e. The minimum atomic E-state index is -0.811. The average molecular weight is 344 g/mol. The molecular formula is C17H30ClN3O2. The molecule has 0 spiro atoms. The fourth-order valence-electron chi connectivity index (χ4n) is 2.11. The summed E-state index contributed by atoms with van der Waals surface area (Å²) in [5.41, 5.74) is 6.21. The zero-order valence-electron chi connectivity index (χ0n) is 14.6. The number of rotatable bonds is 9. The highest BCUT2D eigenvalue weighted by Gasteiger charge is 2.26. The molecule has 1 unspecified atom stereocenters. The van der Waals surface area contributed by atoms with E-state index < -0.39 is 5.54 Å². The lowest BCUT2D eigenvalue weighted by molar-refractivity contribution is -0.126. The summed E-state index contributed by atoms with van der Waals surface area (Å²) in [6.07, 6.45) is 1.56. The van der Waals surface area contributed by atoms with Gasteiger partial charge in [-0.2, -0.15) is 0 Å². The molecule has 132 valence electrons. The molecule has 3 N–H and O–H groups in total. The van der Waals surface area contributed by atoms with Gasteiger partial charge in [0.05, 0.1) is 5.54 Å². The summed E-state index contributed by atoms with van der Waals surface area (Å²) in [6.45, 7) is 5.75. The van der Waals surface area contributed by atoms with Crippen LogP contribution in [0.2, 0.25) is 0 Å². The molecule has 0 saturated heterocycles. The predicted molar refractivity (Wildman–Crippen MR) is 97.1 cm³/mol. The summed E-state index contributed by atoms with van der Waals surface area (Å²) in [5.74, 6) is 0.700. The van der Waals surface area contributed by atoms with Gasteiger partial charge in [0.2, 0.25) is 5.91 Å². The van der Waals surface area contributed by atoms with Crippen molar-refractivity contribution in [2.24, 2.45) is 5.73 Å². The third-order valence-electron chi connectivity index (χ3n) is 3.45. The summed E-state index contributed by atoms with van der Waals surface area (Å²) in [4.78, 5) is 14.2. The van der Waals surface area contributed by atoms with Crippen LogP contribution in [-0.2, 0) is 11.3 Å². The third kappa shape index (κ3) is 8.21. The fraction of sp³-hybridized carbons (Fsp3) is 0.588. The fourth-order valence-corrected chi connectivity index (χ4v) is 2.11. The van der Waals surface area contributed by atoms with Crippen molar-refractivity contribution in [2.75, 3.05) is 27.2 Å². The number of carbonyl (C=O) groups is 1. The SMILES string of the molecule is CCCC(C)(N)C(=O)NCc1cccc(OCCN(C)C)c1.Cl. The lowest BCUT2D eigenvalue weighted by Crippen LogP contribution is -2.51. The Bertz CT molecular complexity index is 479. The van der Waals surface area contributed by atoms with E-state index in [1.165, 1.54) is 0 Å². The summed E-state index contributed by atoms with van der Waals surface area (Å²) >= 11 is 0. The van der Waals surface area contributed by atoms with Crippen molar-refractivity contribution < 1.29 is 9.53 Å². The first-order valence-electron chi connectivity index (χ1n) is 7.79. The van der Waals surface area contributed by atoms with E-state index in [-0.39, 0.29) is 18.3 Å². The first kappa shape index (κ1) is 21.7. The van der Waals surface area contributed by atoms with Crippen LogP contribution in [0.25, 0.3) is 0 Å². The highest BCUT2D eigenvalue weighted by atomic mass is 35.5. The topological polar surface area (TPSA) is 67.6 Å². The minimum absolute atomic E-state index is 0. The molecule has 0 bridgehead atoms. The molecule has 6 heteroatoms. The van der Waals surface area contributed by atoms with E-state index in [1.807, 2.05) is 45.3 Å². The van der Waals surface area contributed by atoms with Gasteiger partial charge >= 0.3 is 0 Å². The van der Waals surface area contributed by atoms with Crippen LogP contribution in [0.1, 0.15) is 32.3 Å². The van der Waals surface area contributed by atoms with Gasteiger partial charge in [0.1, 0.15) is 12.4 Å². The maximum absolute atomic E-state index is 12.1. The Balaban J connectivity index is 0.00000484. The van der Waals surface area contributed by atoms with Crippen molar-refractivity contribution in [3.05, 3.63) is 29.8 Å². The summed E-state index contributed by atoms with van der Waals surface area (Å²) in [6, 6.07) is 7.77.